The molecule has 6 heteroatoms. The maximum absolute atomic E-state index is 11.9. The van der Waals surface area contributed by atoms with Crippen molar-refractivity contribution in [2.45, 2.75) is 26.2 Å². The summed E-state index contributed by atoms with van der Waals surface area (Å²) in [6, 6.07) is 0. The zero-order valence-corrected chi connectivity index (χ0v) is 10.9. The fraction of sp³-hybridized carbons (Fsp3) is 0.727. The number of carboxylic acids is 1. The first kappa shape index (κ1) is 14.2. The molecule has 0 amide bonds. The lowest BCUT2D eigenvalue weighted by molar-refractivity contribution is -0.146. The van der Waals surface area contributed by atoms with Gasteiger partial charge in [0.05, 0.1) is 11.2 Å². The summed E-state index contributed by atoms with van der Waals surface area (Å²) in [5.74, 6) is -0.865. The predicted octanol–water partition coefficient (Wildman–Crippen LogP) is 1.08. The highest BCUT2D eigenvalue weighted by molar-refractivity contribution is 7.89. The van der Waals surface area contributed by atoms with Gasteiger partial charge in [-0.05, 0) is 26.2 Å². The van der Waals surface area contributed by atoms with E-state index in [1.165, 1.54) is 4.31 Å². The molecule has 1 rings (SSSR count). The van der Waals surface area contributed by atoms with Gasteiger partial charge in [0, 0.05) is 13.1 Å². The molecule has 0 aromatic rings. The van der Waals surface area contributed by atoms with Crippen molar-refractivity contribution >= 4 is 16.0 Å². The Bertz CT molecular complexity index is 404. The van der Waals surface area contributed by atoms with Crippen molar-refractivity contribution in [2.24, 2.45) is 5.41 Å². The second kappa shape index (κ2) is 5.18. The minimum absolute atomic E-state index is 0.0642. The molecule has 1 aliphatic rings. The number of unbranched alkanes of at least 4 members (excludes halogenated alkanes) is 1. The van der Waals surface area contributed by atoms with Crippen LogP contribution >= 0.6 is 0 Å². The molecule has 98 valence electrons. The van der Waals surface area contributed by atoms with Gasteiger partial charge >= 0.3 is 5.97 Å². The Kier molecular flexibility index (Phi) is 4.32. The molecule has 1 fully saturated rings. The summed E-state index contributed by atoms with van der Waals surface area (Å²) in [6.07, 6.45) is 3.25. The third-order valence-electron chi connectivity index (χ3n) is 3.16. The van der Waals surface area contributed by atoms with Crippen LogP contribution in [0.15, 0.2) is 12.7 Å². The first-order valence-electron chi connectivity index (χ1n) is 5.64. The van der Waals surface area contributed by atoms with E-state index in [2.05, 4.69) is 6.58 Å². The van der Waals surface area contributed by atoms with Crippen LogP contribution in [0.4, 0.5) is 0 Å². The van der Waals surface area contributed by atoms with Crippen LogP contribution in [-0.2, 0) is 14.8 Å². The number of rotatable bonds is 6. The molecular weight excluding hydrogens is 242 g/mol. The lowest BCUT2D eigenvalue weighted by Crippen LogP contribution is -2.36. The fourth-order valence-corrected chi connectivity index (χ4v) is 3.51. The van der Waals surface area contributed by atoms with Gasteiger partial charge in [0.25, 0.3) is 0 Å². The highest BCUT2D eigenvalue weighted by atomic mass is 32.2. The molecular formula is C11H19NO4S. The summed E-state index contributed by atoms with van der Waals surface area (Å²) < 4.78 is 25.1. The maximum atomic E-state index is 11.9. The highest BCUT2D eigenvalue weighted by Crippen LogP contribution is 2.31. The first-order valence-corrected chi connectivity index (χ1v) is 7.25. The number of allylic oxidation sites excluding steroid dienone is 1. The molecule has 1 heterocycles. The molecule has 0 bridgehead atoms. The van der Waals surface area contributed by atoms with E-state index >= 15 is 0 Å². The Hall–Kier alpha value is -0.880. The number of hydrogen-bond donors (Lipinski definition) is 1. The van der Waals surface area contributed by atoms with Gasteiger partial charge in [0.1, 0.15) is 0 Å². The molecule has 0 aromatic heterocycles. The second-order valence-electron chi connectivity index (χ2n) is 4.70. The van der Waals surface area contributed by atoms with Gasteiger partial charge in [-0.1, -0.05) is 6.08 Å². The maximum Gasteiger partial charge on any atom is 0.310 e. The van der Waals surface area contributed by atoms with E-state index in [0.29, 0.717) is 25.8 Å². The van der Waals surface area contributed by atoms with Crippen LogP contribution in [0.2, 0.25) is 0 Å². The molecule has 1 unspecified atom stereocenters. The zero-order valence-electron chi connectivity index (χ0n) is 10.1. The molecule has 0 saturated carbocycles. The van der Waals surface area contributed by atoms with Gasteiger partial charge in [-0.3, -0.25) is 4.79 Å². The van der Waals surface area contributed by atoms with E-state index in [1.54, 1.807) is 13.0 Å². The largest absolute Gasteiger partial charge is 0.481 e. The molecule has 0 radical (unpaired) electrons. The van der Waals surface area contributed by atoms with Crippen molar-refractivity contribution in [3.63, 3.8) is 0 Å². The number of carbonyl (C=O) groups is 1. The Balaban J connectivity index is 2.64. The minimum atomic E-state index is -3.31. The molecule has 1 aliphatic heterocycles. The van der Waals surface area contributed by atoms with E-state index in [9.17, 15) is 13.2 Å². The van der Waals surface area contributed by atoms with Crippen molar-refractivity contribution in [3.8, 4) is 0 Å². The van der Waals surface area contributed by atoms with Gasteiger partial charge in [-0.2, -0.15) is 0 Å². The fourth-order valence-electron chi connectivity index (χ4n) is 1.87. The van der Waals surface area contributed by atoms with Crippen LogP contribution in [-0.4, -0.2) is 42.6 Å². The number of aliphatic carboxylic acids is 1. The smallest absolute Gasteiger partial charge is 0.310 e. The van der Waals surface area contributed by atoms with Crippen LogP contribution < -0.4 is 0 Å². The molecule has 5 nitrogen and oxygen atoms in total. The van der Waals surface area contributed by atoms with Gasteiger partial charge in [0.15, 0.2) is 0 Å². The average Bonchev–Trinajstić information content (AvgIpc) is 2.63. The SMILES string of the molecule is C=CCCCS(=O)(=O)N1CCC(C)(C(=O)O)C1. The predicted molar refractivity (Wildman–Crippen MR) is 65.2 cm³/mol. The molecule has 1 N–H and O–H groups in total. The van der Waals surface area contributed by atoms with Crippen LogP contribution in [0, 0.1) is 5.41 Å². The molecule has 0 spiro atoms. The lowest BCUT2D eigenvalue weighted by atomic mass is 9.90. The Morgan fingerprint density at radius 2 is 2.24 bits per heavy atom. The van der Waals surface area contributed by atoms with Gasteiger partial charge in [-0.15, -0.1) is 6.58 Å². The van der Waals surface area contributed by atoms with E-state index in [-0.39, 0.29) is 12.3 Å². The van der Waals surface area contributed by atoms with Crippen LogP contribution in [0.5, 0.6) is 0 Å². The standard InChI is InChI=1S/C11H19NO4S/c1-3-4-5-8-17(15,16)12-7-6-11(2,9-12)10(13)14/h3H,1,4-9H2,2H3,(H,13,14). The molecule has 0 aliphatic carbocycles. The molecule has 1 saturated heterocycles. The van der Waals surface area contributed by atoms with E-state index in [0.717, 1.165) is 0 Å². The summed E-state index contributed by atoms with van der Waals surface area (Å²) in [5, 5.41) is 9.04. The zero-order chi connectivity index (χ0) is 13.1. The number of nitrogens with zero attached hydrogens (tertiary/aromatic N) is 1. The third-order valence-corrected chi connectivity index (χ3v) is 5.06. The highest BCUT2D eigenvalue weighted by Gasteiger charge is 2.44. The summed E-state index contributed by atoms with van der Waals surface area (Å²) in [6.45, 7) is 5.52. The van der Waals surface area contributed by atoms with Crippen molar-refractivity contribution in [1.29, 1.82) is 0 Å². The van der Waals surface area contributed by atoms with Crippen molar-refractivity contribution < 1.29 is 18.3 Å². The van der Waals surface area contributed by atoms with Gasteiger partial charge in [0.2, 0.25) is 10.0 Å². The lowest BCUT2D eigenvalue weighted by Gasteiger charge is -2.19. The summed E-state index contributed by atoms with van der Waals surface area (Å²) in [4.78, 5) is 11.0. The topological polar surface area (TPSA) is 74.7 Å². The van der Waals surface area contributed by atoms with Crippen LogP contribution in [0.1, 0.15) is 26.2 Å². The Labute approximate surface area is 102 Å². The average molecular weight is 261 g/mol. The van der Waals surface area contributed by atoms with Gasteiger partial charge in [-0.25, -0.2) is 12.7 Å². The Morgan fingerprint density at radius 1 is 1.59 bits per heavy atom. The van der Waals surface area contributed by atoms with E-state index in [1.807, 2.05) is 0 Å². The second-order valence-corrected chi connectivity index (χ2v) is 6.78. The normalized spacial score (nSPS) is 25.9. The van der Waals surface area contributed by atoms with Crippen LogP contribution in [0.25, 0.3) is 0 Å². The minimum Gasteiger partial charge on any atom is -0.481 e. The molecule has 17 heavy (non-hydrogen) atoms. The Morgan fingerprint density at radius 3 is 2.71 bits per heavy atom. The van der Waals surface area contributed by atoms with E-state index in [4.69, 9.17) is 5.11 Å². The third kappa shape index (κ3) is 3.29. The van der Waals surface area contributed by atoms with Crippen molar-refractivity contribution in [2.75, 3.05) is 18.8 Å². The van der Waals surface area contributed by atoms with Crippen molar-refractivity contribution in [1.82, 2.24) is 4.31 Å². The van der Waals surface area contributed by atoms with Crippen molar-refractivity contribution in [3.05, 3.63) is 12.7 Å². The number of hydrogen-bond acceptors (Lipinski definition) is 3. The number of sulfonamides is 1. The van der Waals surface area contributed by atoms with Crippen LogP contribution in [0.3, 0.4) is 0 Å². The quantitative estimate of drug-likeness (QED) is 0.573. The monoisotopic (exact) mass is 261 g/mol. The van der Waals surface area contributed by atoms with Gasteiger partial charge < -0.3 is 5.11 Å². The molecule has 0 aromatic carbocycles. The summed E-state index contributed by atoms with van der Waals surface area (Å²) in [7, 11) is -3.31. The summed E-state index contributed by atoms with van der Waals surface area (Å²) >= 11 is 0. The number of carboxylic acid groups (broad SMARTS) is 1. The summed E-state index contributed by atoms with van der Waals surface area (Å²) in [5.41, 5.74) is -0.939. The molecule has 1 atom stereocenters. The first-order chi connectivity index (χ1) is 7.82. The van der Waals surface area contributed by atoms with E-state index < -0.39 is 21.4 Å².